The zero-order valence-electron chi connectivity index (χ0n) is 20.6. The Balaban J connectivity index is 1.57. The summed E-state index contributed by atoms with van der Waals surface area (Å²) < 4.78 is 10.7. The maximum atomic E-state index is 12.9. The lowest BCUT2D eigenvalue weighted by atomic mass is 10.2. The van der Waals surface area contributed by atoms with Gasteiger partial charge in [-0.15, -0.1) is 0 Å². The Morgan fingerprint density at radius 1 is 1.05 bits per heavy atom. The molecular weight excluding hydrogens is 528 g/mol. The van der Waals surface area contributed by atoms with Crippen LogP contribution in [0.25, 0.3) is 6.08 Å². The molecule has 12 nitrogen and oxygen atoms in total. The Bertz CT molecular complexity index is 1550. The predicted octanol–water partition coefficient (Wildman–Crippen LogP) is 5.71. The fourth-order valence-corrected chi connectivity index (χ4v) is 4.46. The number of amidine groups is 1. The zero-order valence-corrected chi connectivity index (χ0v) is 21.4. The summed E-state index contributed by atoms with van der Waals surface area (Å²) in [7, 11) is 1.58. The Labute approximate surface area is 225 Å². The average molecular weight is 549 g/mol. The number of non-ortho nitro benzene ring substituents is 1. The molecule has 1 heterocycles. The SMILES string of the molecule is CCOC(=O)c1cccc(N=C2SC(=Cc3cccc(Oc4ccc([N+](=O)[O-])cc4[N+](=O)[O-])c3)C(=O)N2C)c1. The van der Waals surface area contributed by atoms with Gasteiger partial charge in [-0.25, -0.2) is 9.79 Å². The highest BCUT2D eigenvalue weighted by Crippen LogP contribution is 2.36. The molecule has 1 aliphatic rings. The van der Waals surface area contributed by atoms with E-state index in [4.69, 9.17) is 9.47 Å². The summed E-state index contributed by atoms with van der Waals surface area (Å²) in [5.74, 6) is -0.696. The molecule has 0 spiro atoms. The number of likely N-dealkylation sites (N-methyl/N-ethyl adjacent to an activating group) is 1. The first-order valence-electron chi connectivity index (χ1n) is 11.4. The van der Waals surface area contributed by atoms with Crippen LogP contribution in [-0.4, -0.2) is 45.4 Å². The summed E-state index contributed by atoms with van der Waals surface area (Å²) in [6, 6.07) is 16.2. The van der Waals surface area contributed by atoms with Gasteiger partial charge in [0.2, 0.25) is 5.75 Å². The molecule has 1 aliphatic heterocycles. The third-order valence-electron chi connectivity index (χ3n) is 5.32. The van der Waals surface area contributed by atoms with E-state index in [9.17, 15) is 29.8 Å². The largest absolute Gasteiger partial charge is 0.462 e. The van der Waals surface area contributed by atoms with Gasteiger partial charge in [0.15, 0.2) is 5.17 Å². The van der Waals surface area contributed by atoms with E-state index in [1.165, 1.54) is 4.90 Å². The molecule has 0 unspecified atom stereocenters. The first kappa shape index (κ1) is 27.0. The third-order valence-corrected chi connectivity index (χ3v) is 6.38. The zero-order chi connectivity index (χ0) is 28.1. The molecule has 0 saturated carbocycles. The van der Waals surface area contributed by atoms with Gasteiger partial charge in [0.1, 0.15) is 5.75 Å². The molecule has 198 valence electrons. The lowest BCUT2D eigenvalue weighted by Gasteiger charge is -2.08. The highest BCUT2D eigenvalue weighted by molar-refractivity contribution is 8.18. The minimum absolute atomic E-state index is 0.166. The van der Waals surface area contributed by atoms with E-state index in [2.05, 4.69) is 4.99 Å². The number of rotatable bonds is 8. The molecule has 39 heavy (non-hydrogen) atoms. The molecule has 3 aromatic rings. The summed E-state index contributed by atoms with van der Waals surface area (Å²) in [5.41, 5.74) is 0.412. The second-order valence-electron chi connectivity index (χ2n) is 7.98. The van der Waals surface area contributed by atoms with Crippen molar-refractivity contribution in [3.8, 4) is 11.5 Å². The van der Waals surface area contributed by atoms with Gasteiger partial charge in [-0.1, -0.05) is 18.2 Å². The molecule has 0 N–H and O–H groups in total. The molecule has 0 bridgehead atoms. The van der Waals surface area contributed by atoms with Crippen LogP contribution < -0.4 is 4.74 Å². The van der Waals surface area contributed by atoms with E-state index in [1.807, 2.05) is 0 Å². The van der Waals surface area contributed by atoms with Gasteiger partial charge in [0.25, 0.3) is 11.6 Å². The number of aliphatic imine (C=N–C) groups is 1. The van der Waals surface area contributed by atoms with Crippen LogP contribution in [0, 0.1) is 20.2 Å². The van der Waals surface area contributed by atoms with Crippen LogP contribution >= 0.6 is 11.8 Å². The molecule has 4 rings (SSSR count). The van der Waals surface area contributed by atoms with Crippen molar-refractivity contribution >= 4 is 51.9 Å². The van der Waals surface area contributed by atoms with Crippen molar-refractivity contribution in [3.63, 3.8) is 0 Å². The lowest BCUT2D eigenvalue weighted by molar-refractivity contribution is -0.394. The molecule has 0 aromatic heterocycles. The van der Waals surface area contributed by atoms with Crippen molar-refractivity contribution in [1.29, 1.82) is 0 Å². The highest BCUT2D eigenvalue weighted by atomic mass is 32.2. The van der Waals surface area contributed by atoms with Crippen molar-refractivity contribution in [3.05, 3.63) is 103 Å². The van der Waals surface area contributed by atoms with Crippen molar-refractivity contribution in [2.75, 3.05) is 13.7 Å². The molecule has 13 heteroatoms. The molecule has 1 fully saturated rings. The van der Waals surface area contributed by atoms with Crippen LogP contribution in [0.15, 0.2) is 76.6 Å². The quantitative estimate of drug-likeness (QED) is 0.149. The summed E-state index contributed by atoms with van der Waals surface area (Å²) in [4.78, 5) is 52.0. The van der Waals surface area contributed by atoms with Crippen LogP contribution in [-0.2, 0) is 9.53 Å². The first-order valence-corrected chi connectivity index (χ1v) is 12.2. The summed E-state index contributed by atoms with van der Waals surface area (Å²) in [6.07, 6.45) is 1.62. The number of nitro benzene ring substituents is 2. The van der Waals surface area contributed by atoms with Crippen molar-refractivity contribution in [2.24, 2.45) is 4.99 Å². The summed E-state index contributed by atoms with van der Waals surface area (Å²) >= 11 is 1.14. The number of hydrogen-bond donors (Lipinski definition) is 0. The molecule has 0 radical (unpaired) electrons. The van der Waals surface area contributed by atoms with E-state index in [0.29, 0.717) is 26.9 Å². The van der Waals surface area contributed by atoms with Gasteiger partial charge in [-0.2, -0.15) is 0 Å². The standard InChI is InChI=1S/C26H20N4O8S/c1-3-37-25(32)17-7-5-8-18(14-17)27-26-28(2)24(31)23(39-26)13-16-6-4-9-20(12-16)38-22-11-10-19(29(33)34)15-21(22)30(35)36/h4-15H,3H2,1-2H3. The smallest absolute Gasteiger partial charge is 0.338 e. The fraction of sp³-hybridized carbons (Fsp3) is 0.115. The van der Waals surface area contributed by atoms with Gasteiger partial charge >= 0.3 is 11.7 Å². The first-order chi connectivity index (χ1) is 18.7. The Morgan fingerprint density at radius 3 is 2.54 bits per heavy atom. The number of nitro groups is 2. The van der Waals surface area contributed by atoms with E-state index < -0.39 is 27.2 Å². The number of nitrogens with zero attached hydrogens (tertiary/aromatic N) is 4. The number of benzene rings is 3. The van der Waals surface area contributed by atoms with E-state index in [-0.39, 0.29) is 24.0 Å². The number of ether oxygens (including phenoxy) is 2. The number of hydrogen-bond acceptors (Lipinski definition) is 10. The lowest BCUT2D eigenvalue weighted by Crippen LogP contribution is -2.23. The van der Waals surface area contributed by atoms with Crippen molar-refractivity contribution < 1.29 is 28.9 Å². The topological polar surface area (TPSA) is 154 Å². The Morgan fingerprint density at radius 2 is 1.82 bits per heavy atom. The Hall–Kier alpha value is -5.04. The molecule has 1 saturated heterocycles. The van der Waals surface area contributed by atoms with Crippen LogP contribution in [0.3, 0.4) is 0 Å². The normalized spacial score (nSPS) is 15.0. The molecule has 0 atom stereocenters. The molecule has 1 amide bonds. The second-order valence-corrected chi connectivity index (χ2v) is 8.99. The van der Waals surface area contributed by atoms with E-state index in [0.717, 1.165) is 30.0 Å². The van der Waals surface area contributed by atoms with E-state index >= 15 is 0 Å². The Kier molecular flexibility index (Phi) is 8.01. The van der Waals surface area contributed by atoms with Gasteiger partial charge in [-0.3, -0.25) is 29.9 Å². The number of esters is 1. The highest BCUT2D eigenvalue weighted by Gasteiger charge is 2.30. The number of carbonyl (C=O) groups excluding carboxylic acids is 2. The minimum Gasteiger partial charge on any atom is -0.462 e. The third kappa shape index (κ3) is 6.27. The number of carbonyl (C=O) groups is 2. The van der Waals surface area contributed by atoms with E-state index in [1.54, 1.807) is 68.6 Å². The summed E-state index contributed by atoms with van der Waals surface area (Å²) in [6.45, 7) is 1.96. The van der Waals surface area contributed by atoms with Crippen molar-refractivity contribution in [1.82, 2.24) is 4.90 Å². The maximum absolute atomic E-state index is 12.9. The van der Waals surface area contributed by atoms with Crippen molar-refractivity contribution in [2.45, 2.75) is 6.92 Å². The van der Waals surface area contributed by atoms with Gasteiger partial charge in [-0.05, 0) is 66.7 Å². The number of thioether (sulfide) groups is 1. The average Bonchev–Trinajstić information content (AvgIpc) is 3.16. The molecule has 3 aromatic carbocycles. The molecule has 0 aliphatic carbocycles. The monoisotopic (exact) mass is 548 g/mol. The van der Waals surface area contributed by atoms with Gasteiger partial charge in [0, 0.05) is 13.1 Å². The minimum atomic E-state index is -0.763. The van der Waals surface area contributed by atoms with Crippen LogP contribution in [0.2, 0.25) is 0 Å². The number of amides is 1. The summed E-state index contributed by atoms with van der Waals surface area (Å²) in [5, 5.41) is 22.8. The maximum Gasteiger partial charge on any atom is 0.338 e. The second kappa shape index (κ2) is 11.6. The molecular formula is C26H20N4O8S. The van der Waals surface area contributed by atoms with Crippen LogP contribution in [0.1, 0.15) is 22.8 Å². The van der Waals surface area contributed by atoms with Gasteiger partial charge < -0.3 is 9.47 Å². The van der Waals surface area contributed by atoms with Crippen LogP contribution in [0.4, 0.5) is 17.1 Å². The fourth-order valence-electron chi connectivity index (χ4n) is 3.47. The van der Waals surface area contributed by atoms with Gasteiger partial charge in [0.05, 0.1) is 38.7 Å². The van der Waals surface area contributed by atoms with Crippen LogP contribution in [0.5, 0.6) is 11.5 Å². The predicted molar refractivity (Wildman–Crippen MR) is 144 cm³/mol.